The van der Waals surface area contributed by atoms with Crippen LogP contribution in [0.5, 0.6) is 11.5 Å². The molecule has 0 aliphatic rings. The van der Waals surface area contributed by atoms with Gasteiger partial charge in [0.1, 0.15) is 0 Å². The first kappa shape index (κ1) is 19.9. The predicted octanol–water partition coefficient (Wildman–Crippen LogP) is 4.80. The van der Waals surface area contributed by atoms with E-state index in [1.807, 2.05) is 6.07 Å². The molecule has 0 aliphatic carbocycles. The van der Waals surface area contributed by atoms with Crippen molar-refractivity contribution in [2.24, 2.45) is 0 Å². The highest BCUT2D eigenvalue weighted by molar-refractivity contribution is 6.35. The number of ether oxygens (including phenoxy) is 2. The van der Waals surface area contributed by atoms with E-state index in [0.29, 0.717) is 32.9 Å². The van der Waals surface area contributed by atoms with Crippen molar-refractivity contribution in [1.29, 1.82) is 0 Å². The molecule has 0 atom stereocenters. The summed E-state index contributed by atoms with van der Waals surface area (Å²) in [5.74, 6) is 0.921. The first-order valence-corrected chi connectivity index (χ1v) is 9.02. The molecule has 0 saturated heterocycles. The average molecular weight is 418 g/mol. The lowest BCUT2D eigenvalue weighted by Crippen LogP contribution is -2.02. The molecular weight excluding hydrogens is 401 g/mol. The molecule has 144 valence electrons. The van der Waals surface area contributed by atoms with Gasteiger partial charge in [-0.1, -0.05) is 40.6 Å². The summed E-state index contributed by atoms with van der Waals surface area (Å²) in [6.07, 6.45) is 3.12. The van der Waals surface area contributed by atoms with E-state index >= 15 is 0 Å². The van der Waals surface area contributed by atoms with Crippen molar-refractivity contribution < 1.29 is 14.3 Å². The van der Waals surface area contributed by atoms with Crippen LogP contribution in [-0.2, 0) is 0 Å². The number of rotatable bonds is 6. The highest BCUT2D eigenvalue weighted by Crippen LogP contribution is 2.28. The first-order chi connectivity index (χ1) is 13.4. The van der Waals surface area contributed by atoms with Crippen molar-refractivity contribution in [1.82, 2.24) is 15.0 Å². The monoisotopic (exact) mass is 417 g/mol. The van der Waals surface area contributed by atoms with E-state index < -0.39 is 0 Å². The summed E-state index contributed by atoms with van der Waals surface area (Å²) in [4.78, 5) is 12.6. The van der Waals surface area contributed by atoms with Crippen LogP contribution in [0.25, 0.3) is 11.8 Å². The normalized spacial score (nSPS) is 11.0. The van der Waals surface area contributed by atoms with Gasteiger partial charge in [0.05, 0.1) is 30.6 Å². The molecule has 8 heteroatoms. The summed E-state index contributed by atoms with van der Waals surface area (Å²) in [6.45, 7) is 1.75. The number of benzene rings is 2. The third kappa shape index (κ3) is 4.03. The quantitative estimate of drug-likeness (QED) is 0.425. The van der Waals surface area contributed by atoms with E-state index in [2.05, 4.69) is 10.3 Å². The van der Waals surface area contributed by atoms with E-state index in [4.69, 9.17) is 32.7 Å². The van der Waals surface area contributed by atoms with Crippen LogP contribution >= 0.6 is 23.2 Å². The Kier molecular flexibility index (Phi) is 6.02. The number of hydrogen-bond donors (Lipinski definition) is 0. The number of carbonyl (C=O) groups excluding carboxylic acids is 1. The number of hydrogen-bond acceptors (Lipinski definition) is 5. The molecule has 0 spiro atoms. The highest BCUT2D eigenvalue weighted by atomic mass is 35.5. The summed E-state index contributed by atoms with van der Waals surface area (Å²) in [7, 11) is 3.12. The number of halogens is 2. The summed E-state index contributed by atoms with van der Waals surface area (Å²) < 4.78 is 12.0. The molecule has 1 aromatic heterocycles. The molecule has 0 aliphatic heterocycles. The van der Waals surface area contributed by atoms with Crippen LogP contribution in [-0.4, -0.2) is 35.0 Å². The standard InChI is InChI=1S/C20H17Cl2N3O3/c1-12-20(23-24-25(12)16-7-6-14(21)11-15(16)22)17(26)8-4-13-5-9-18(27-2)19(10-13)28-3/h4-11H,1-3H3/b8-4+. The zero-order valence-corrected chi connectivity index (χ0v) is 17.0. The summed E-state index contributed by atoms with van der Waals surface area (Å²) in [6, 6.07) is 10.4. The second-order valence-electron chi connectivity index (χ2n) is 5.84. The van der Waals surface area contributed by atoms with E-state index in [0.717, 1.165) is 5.56 Å². The Balaban J connectivity index is 1.86. The Labute approximate surface area is 172 Å². The molecule has 0 radical (unpaired) electrons. The second-order valence-corrected chi connectivity index (χ2v) is 6.69. The Morgan fingerprint density at radius 3 is 2.50 bits per heavy atom. The summed E-state index contributed by atoms with van der Waals surface area (Å²) in [5.41, 5.74) is 2.20. The summed E-state index contributed by atoms with van der Waals surface area (Å²) in [5, 5.41) is 8.99. The number of allylic oxidation sites excluding steroid dienone is 1. The molecule has 6 nitrogen and oxygen atoms in total. The lowest BCUT2D eigenvalue weighted by molar-refractivity contribution is 0.104. The molecule has 0 unspecified atom stereocenters. The van der Waals surface area contributed by atoms with Gasteiger partial charge in [-0.3, -0.25) is 4.79 Å². The van der Waals surface area contributed by atoms with Crippen molar-refractivity contribution in [2.75, 3.05) is 14.2 Å². The Morgan fingerprint density at radius 1 is 1.07 bits per heavy atom. The number of nitrogens with zero attached hydrogens (tertiary/aromatic N) is 3. The third-order valence-corrected chi connectivity index (χ3v) is 4.64. The fourth-order valence-electron chi connectivity index (χ4n) is 2.65. The molecule has 0 N–H and O–H groups in total. The molecule has 1 heterocycles. The lowest BCUT2D eigenvalue weighted by Gasteiger charge is -2.07. The highest BCUT2D eigenvalue weighted by Gasteiger charge is 2.17. The van der Waals surface area contributed by atoms with E-state index in [-0.39, 0.29) is 11.5 Å². The number of carbonyl (C=O) groups is 1. The van der Waals surface area contributed by atoms with Gasteiger partial charge >= 0.3 is 0 Å². The van der Waals surface area contributed by atoms with Crippen LogP contribution < -0.4 is 9.47 Å². The molecule has 2 aromatic carbocycles. The zero-order chi connectivity index (χ0) is 20.3. The Morgan fingerprint density at radius 2 is 1.82 bits per heavy atom. The van der Waals surface area contributed by atoms with E-state index in [9.17, 15) is 4.79 Å². The smallest absolute Gasteiger partial charge is 0.208 e. The van der Waals surface area contributed by atoms with Crippen LogP contribution in [0.2, 0.25) is 10.0 Å². The third-order valence-electron chi connectivity index (χ3n) is 4.10. The van der Waals surface area contributed by atoms with Crippen molar-refractivity contribution in [3.8, 4) is 17.2 Å². The fraction of sp³-hybridized carbons (Fsp3) is 0.150. The molecular formula is C20H17Cl2N3O3. The van der Waals surface area contributed by atoms with Gasteiger partial charge in [0.25, 0.3) is 0 Å². The Bertz CT molecular complexity index is 1060. The fourth-order valence-corrected chi connectivity index (χ4v) is 3.13. The van der Waals surface area contributed by atoms with Crippen LogP contribution in [0.3, 0.4) is 0 Å². The summed E-state index contributed by atoms with van der Waals surface area (Å²) >= 11 is 12.2. The first-order valence-electron chi connectivity index (χ1n) is 8.26. The van der Waals surface area contributed by atoms with Gasteiger partial charge in [0.2, 0.25) is 5.78 Å². The predicted molar refractivity (Wildman–Crippen MR) is 109 cm³/mol. The van der Waals surface area contributed by atoms with Crippen LogP contribution in [0, 0.1) is 6.92 Å². The van der Waals surface area contributed by atoms with Crippen LogP contribution in [0.1, 0.15) is 21.7 Å². The van der Waals surface area contributed by atoms with Gasteiger partial charge in [-0.2, -0.15) is 0 Å². The maximum atomic E-state index is 12.6. The van der Waals surface area contributed by atoms with Crippen molar-refractivity contribution in [3.63, 3.8) is 0 Å². The molecule has 0 bridgehead atoms. The largest absolute Gasteiger partial charge is 0.493 e. The minimum Gasteiger partial charge on any atom is -0.493 e. The molecule has 3 rings (SSSR count). The molecule has 3 aromatic rings. The lowest BCUT2D eigenvalue weighted by atomic mass is 10.1. The van der Waals surface area contributed by atoms with Gasteiger partial charge < -0.3 is 9.47 Å². The maximum Gasteiger partial charge on any atom is 0.208 e. The van der Waals surface area contributed by atoms with Gasteiger partial charge in [0, 0.05) is 5.02 Å². The average Bonchev–Trinajstić information content (AvgIpc) is 3.07. The SMILES string of the molecule is COc1ccc(/C=C/C(=O)c2nnn(-c3ccc(Cl)cc3Cl)c2C)cc1OC. The molecule has 0 amide bonds. The minimum absolute atomic E-state index is 0.239. The number of aromatic nitrogens is 3. The second kappa shape index (κ2) is 8.46. The molecule has 0 saturated carbocycles. The molecule has 28 heavy (non-hydrogen) atoms. The number of methoxy groups -OCH3 is 2. The zero-order valence-electron chi connectivity index (χ0n) is 15.4. The van der Waals surface area contributed by atoms with Gasteiger partial charge in [-0.05, 0) is 48.9 Å². The van der Waals surface area contributed by atoms with Crippen LogP contribution in [0.4, 0.5) is 0 Å². The van der Waals surface area contributed by atoms with E-state index in [1.165, 1.54) is 10.8 Å². The van der Waals surface area contributed by atoms with Gasteiger partial charge in [-0.25, -0.2) is 4.68 Å². The van der Waals surface area contributed by atoms with E-state index in [1.54, 1.807) is 57.6 Å². The molecule has 0 fully saturated rings. The van der Waals surface area contributed by atoms with Gasteiger partial charge in [-0.15, -0.1) is 5.10 Å². The van der Waals surface area contributed by atoms with Gasteiger partial charge in [0.15, 0.2) is 17.2 Å². The van der Waals surface area contributed by atoms with Crippen molar-refractivity contribution in [2.45, 2.75) is 6.92 Å². The van der Waals surface area contributed by atoms with Crippen molar-refractivity contribution in [3.05, 3.63) is 69.5 Å². The Hall–Kier alpha value is -2.83. The maximum absolute atomic E-state index is 12.6. The van der Waals surface area contributed by atoms with Crippen LogP contribution in [0.15, 0.2) is 42.5 Å². The number of ketones is 1. The van der Waals surface area contributed by atoms with Crippen molar-refractivity contribution >= 4 is 35.1 Å². The topological polar surface area (TPSA) is 66.2 Å². The minimum atomic E-state index is -0.274.